The van der Waals surface area contributed by atoms with E-state index in [4.69, 9.17) is 15.0 Å². The molecule has 0 saturated carbocycles. The second kappa shape index (κ2) is 15.1. The number of carbonyl (C=O) groups is 3. The summed E-state index contributed by atoms with van der Waals surface area (Å²) in [6.07, 6.45) is 0.583. The summed E-state index contributed by atoms with van der Waals surface area (Å²) in [7, 11) is 0. The van der Waals surface area contributed by atoms with Crippen LogP contribution >= 0.6 is 0 Å². The van der Waals surface area contributed by atoms with Crippen LogP contribution in [0, 0.1) is 6.92 Å². The van der Waals surface area contributed by atoms with E-state index in [0.29, 0.717) is 24.6 Å². The van der Waals surface area contributed by atoms with Crippen molar-refractivity contribution < 1.29 is 23.6 Å². The lowest BCUT2D eigenvalue weighted by atomic mass is 9.89. The third-order valence-electron chi connectivity index (χ3n) is 7.12. The minimum atomic E-state index is -0.922. The molecule has 3 aromatic carbocycles. The number of hydrogen-bond acceptors (Lipinski definition) is 7. The number of nitrogens with zero attached hydrogens (tertiary/aromatic N) is 3. The molecule has 0 saturated heterocycles. The number of nitrogens with two attached hydrogens (primary N) is 1. The quantitative estimate of drug-likeness (QED) is 0.196. The van der Waals surface area contributed by atoms with Gasteiger partial charge in [0.1, 0.15) is 11.6 Å². The molecule has 4 aromatic rings. The number of ether oxygens (including phenoxy) is 1. The predicted octanol–water partition coefficient (Wildman–Crippen LogP) is 5.29. The Hall–Kier alpha value is -4.99. The molecule has 0 fully saturated rings. The first kappa shape index (κ1) is 32.9. The Labute approximate surface area is 264 Å². The molecule has 1 atom stereocenters. The molecule has 3 N–H and O–H groups in total. The highest BCUT2D eigenvalue weighted by Gasteiger charge is 2.34. The predicted molar refractivity (Wildman–Crippen MR) is 170 cm³/mol. The largest absolute Gasteiger partial charge is 0.444 e. The van der Waals surface area contributed by atoms with Gasteiger partial charge in [0, 0.05) is 13.1 Å². The van der Waals surface area contributed by atoms with E-state index in [1.165, 1.54) is 0 Å². The van der Waals surface area contributed by atoms with Crippen LogP contribution in [0.1, 0.15) is 73.5 Å². The van der Waals surface area contributed by atoms with Crippen LogP contribution in [0.3, 0.4) is 0 Å². The number of amides is 3. The summed E-state index contributed by atoms with van der Waals surface area (Å²) < 4.78 is 10.6. The van der Waals surface area contributed by atoms with Crippen molar-refractivity contribution in [3.63, 3.8) is 0 Å². The number of nitrogens with one attached hydrogen (secondary N) is 1. The van der Waals surface area contributed by atoms with Crippen molar-refractivity contribution in [2.24, 2.45) is 5.73 Å². The van der Waals surface area contributed by atoms with Crippen LogP contribution in [-0.2, 0) is 27.3 Å². The Morgan fingerprint density at radius 2 is 1.49 bits per heavy atom. The zero-order chi connectivity index (χ0) is 32.4. The van der Waals surface area contributed by atoms with Crippen molar-refractivity contribution in [2.75, 3.05) is 6.54 Å². The van der Waals surface area contributed by atoms with E-state index in [2.05, 4.69) is 15.5 Å². The molecule has 0 spiro atoms. The summed E-state index contributed by atoms with van der Waals surface area (Å²) in [6, 6.07) is 25.8. The topological polar surface area (TPSA) is 141 Å². The van der Waals surface area contributed by atoms with Crippen molar-refractivity contribution in [3.05, 3.63) is 119 Å². The highest BCUT2D eigenvalue weighted by atomic mass is 16.6. The van der Waals surface area contributed by atoms with Gasteiger partial charge in [-0.3, -0.25) is 9.59 Å². The van der Waals surface area contributed by atoms with Gasteiger partial charge in [-0.05, 0) is 62.8 Å². The van der Waals surface area contributed by atoms with Crippen molar-refractivity contribution in [1.82, 2.24) is 20.4 Å². The normalized spacial score (nSPS) is 12.0. The van der Waals surface area contributed by atoms with Gasteiger partial charge in [0.15, 0.2) is 5.82 Å². The van der Waals surface area contributed by atoms with E-state index < -0.39 is 29.6 Å². The molecule has 3 amide bonds. The Morgan fingerprint density at radius 1 is 0.911 bits per heavy atom. The molecule has 10 heteroatoms. The Balaban J connectivity index is 1.61. The molecular weight excluding hydrogens is 570 g/mol. The lowest BCUT2D eigenvalue weighted by Crippen LogP contribution is -2.49. The van der Waals surface area contributed by atoms with Crippen LogP contribution in [0.15, 0.2) is 89.5 Å². The molecule has 0 radical (unpaired) electrons. The first-order chi connectivity index (χ1) is 21.5. The Bertz CT molecular complexity index is 1510. The van der Waals surface area contributed by atoms with Crippen LogP contribution < -0.4 is 11.1 Å². The number of carbonyl (C=O) groups excluding carboxylic acids is 3. The summed E-state index contributed by atoms with van der Waals surface area (Å²) in [5.41, 5.74) is 8.74. The van der Waals surface area contributed by atoms with Crippen LogP contribution in [0.4, 0.5) is 4.79 Å². The number of primary amides is 1. The second-order valence-corrected chi connectivity index (χ2v) is 11.9. The van der Waals surface area contributed by atoms with E-state index >= 15 is 0 Å². The van der Waals surface area contributed by atoms with Crippen LogP contribution in [0.2, 0.25) is 0 Å². The van der Waals surface area contributed by atoms with Crippen molar-refractivity contribution >= 4 is 17.9 Å². The monoisotopic (exact) mass is 611 g/mol. The molecule has 0 bridgehead atoms. The zero-order valence-electron chi connectivity index (χ0n) is 26.2. The third-order valence-corrected chi connectivity index (χ3v) is 7.12. The van der Waals surface area contributed by atoms with Crippen LogP contribution in [-0.4, -0.2) is 51.1 Å². The molecule has 10 nitrogen and oxygen atoms in total. The molecule has 0 aliphatic heterocycles. The molecule has 236 valence electrons. The average Bonchev–Trinajstić information content (AvgIpc) is 3.41. The molecule has 1 heterocycles. The smallest absolute Gasteiger partial charge is 0.407 e. The number of aromatic nitrogens is 2. The van der Waals surface area contributed by atoms with Gasteiger partial charge >= 0.3 is 6.09 Å². The SMILES string of the molecule is Cc1noc(Cc2ccc(CN(C(=O)C(c3ccccc3)c3ccccc3)[C@@H](CCCNC(=O)OC(C)(C)C)C(N)=O)cc2)n1. The minimum Gasteiger partial charge on any atom is -0.444 e. The van der Waals surface area contributed by atoms with Gasteiger partial charge in [0.2, 0.25) is 17.7 Å². The number of hydrogen-bond donors (Lipinski definition) is 2. The zero-order valence-corrected chi connectivity index (χ0v) is 26.2. The lowest BCUT2D eigenvalue weighted by Gasteiger charge is -2.33. The first-order valence-corrected chi connectivity index (χ1v) is 15.0. The number of rotatable bonds is 13. The molecule has 4 rings (SSSR count). The van der Waals surface area contributed by atoms with Crippen molar-refractivity contribution in [2.45, 2.75) is 71.1 Å². The maximum absolute atomic E-state index is 14.6. The fourth-order valence-electron chi connectivity index (χ4n) is 5.07. The van der Waals surface area contributed by atoms with Crippen LogP contribution in [0.5, 0.6) is 0 Å². The maximum Gasteiger partial charge on any atom is 0.407 e. The number of benzene rings is 3. The third kappa shape index (κ3) is 9.76. The van der Waals surface area contributed by atoms with E-state index in [0.717, 1.165) is 22.3 Å². The summed E-state index contributed by atoms with van der Waals surface area (Å²) in [4.78, 5) is 45.6. The molecule has 1 aromatic heterocycles. The van der Waals surface area contributed by atoms with E-state index in [1.54, 1.807) is 32.6 Å². The summed E-state index contributed by atoms with van der Waals surface area (Å²) in [6.45, 7) is 7.53. The second-order valence-electron chi connectivity index (χ2n) is 11.9. The summed E-state index contributed by atoms with van der Waals surface area (Å²) in [5, 5.41) is 6.56. The van der Waals surface area contributed by atoms with Crippen molar-refractivity contribution in [3.8, 4) is 0 Å². The number of aryl methyl sites for hydroxylation is 1. The van der Waals surface area contributed by atoms with Gasteiger partial charge in [0.05, 0.1) is 12.3 Å². The van der Waals surface area contributed by atoms with Gasteiger partial charge in [-0.25, -0.2) is 4.79 Å². The van der Waals surface area contributed by atoms with E-state index in [9.17, 15) is 14.4 Å². The van der Waals surface area contributed by atoms with Gasteiger partial charge < -0.3 is 25.2 Å². The molecule has 0 aliphatic carbocycles. The highest BCUT2D eigenvalue weighted by molar-refractivity contribution is 5.92. The standard InChI is InChI=1S/C35H41N5O5/c1-24-38-30(45-39-24)22-25-17-19-26(20-18-25)23-40(29(32(36)41)16-11-21-37-34(43)44-35(2,3)4)33(42)31(27-12-7-5-8-13-27)28-14-9-6-10-15-28/h5-10,12-15,17-20,29,31H,11,16,21-23H2,1-4H3,(H2,36,41)(H,37,43)/t29-/m0/s1. The van der Waals surface area contributed by atoms with E-state index in [-0.39, 0.29) is 25.4 Å². The minimum absolute atomic E-state index is 0.155. The highest BCUT2D eigenvalue weighted by Crippen LogP contribution is 2.29. The van der Waals surface area contributed by atoms with Crippen molar-refractivity contribution in [1.29, 1.82) is 0 Å². The molecule has 0 aliphatic rings. The van der Waals surface area contributed by atoms with Gasteiger partial charge in [-0.2, -0.15) is 4.98 Å². The molecule has 45 heavy (non-hydrogen) atoms. The molecular formula is C35H41N5O5. The van der Waals surface area contributed by atoms with E-state index in [1.807, 2.05) is 84.9 Å². The lowest BCUT2D eigenvalue weighted by molar-refractivity contribution is -0.141. The number of alkyl carbamates (subject to hydrolysis) is 1. The fraction of sp³-hybridized carbons (Fsp3) is 0.343. The van der Waals surface area contributed by atoms with Gasteiger partial charge in [-0.15, -0.1) is 0 Å². The maximum atomic E-state index is 14.6. The Morgan fingerprint density at radius 3 is 2.00 bits per heavy atom. The fourth-order valence-corrected chi connectivity index (χ4v) is 5.07. The van der Waals surface area contributed by atoms with Gasteiger partial charge in [-0.1, -0.05) is 90.1 Å². The average molecular weight is 612 g/mol. The first-order valence-electron chi connectivity index (χ1n) is 15.0. The molecule has 0 unspecified atom stereocenters. The van der Waals surface area contributed by atoms with Crippen LogP contribution in [0.25, 0.3) is 0 Å². The summed E-state index contributed by atoms with van der Waals surface area (Å²) in [5.74, 6) is -0.444. The Kier molecular flexibility index (Phi) is 11.1. The van der Waals surface area contributed by atoms with Gasteiger partial charge in [0.25, 0.3) is 0 Å². The summed E-state index contributed by atoms with van der Waals surface area (Å²) >= 11 is 0.